The Morgan fingerprint density at radius 1 is 1.27 bits per heavy atom. The van der Waals surface area contributed by atoms with Gasteiger partial charge in [0.15, 0.2) is 0 Å². The monoisotopic (exact) mass is 259 g/mol. The number of thioether (sulfide) groups is 2. The summed E-state index contributed by atoms with van der Waals surface area (Å²) in [5, 5.41) is 0.438. The average molecular weight is 260 g/mol. The van der Waals surface area contributed by atoms with Gasteiger partial charge in [0.05, 0.1) is 10.6 Å². The van der Waals surface area contributed by atoms with E-state index in [1.165, 1.54) is 23.5 Å². The molecular weight excluding hydrogens is 250 g/mol. The molecule has 0 heterocycles. The van der Waals surface area contributed by atoms with E-state index in [0.717, 1.165) is 4.38 Å². The Balaban J connectivity index is 2.95. The van der Waals surface area contributed by atoms with E-state index in [1.54, 1.807) is 24.3 Å². The van der Waals surface area contributed by atoms with Crippen LogP contribution in [0, 0.1) is 0 Å². The first-order chi connectivity index (χ1) is 7.19. The van der Waals surface area contributed by atoms with Crippen LogP contribution in [0.1, 0.15) is 10.4 Å². The van der Waals surface area contributed by atoms with Crippen LogP contribution in [-0.4, -0.2) is 22.8 Å². The first-order valence-corrected chi connectivity index (χ1v) is 6.97. The van der Waals surface area contributed by atoms with E-state index < -0.39 is 0 Å². The van der Waals surface area contributed by atoms with Crippen molar-refractivity contribution in [3.8, 4) is 0 Å². The topological polar surface area (TPSA) is 29.4 Å². The minimum absolute atomic E-state index is 0.292. The molecule has 1 aromatic carbocycles. The van der Waals surface area contributed by atoms with Gasteiger partial charge in [-0.25, -0.2) is 0 Å². The largest absolute Gasteiger partial charge is 0.280 e. The molecule has 0 N–H and O–H groups in total. The molecule has 0 fully saturated rings. The lowest BCUT2D eigenvalue weighted by Crippen LogP contribution is -1.98. The van der Waals surface area contributed by atoms with Crippen molar-refractivity contribution in [1.82, 2.24) is 0 Å². The minimum Gasteiger partial charge on any atom is -0.267 e. The van der Waals surface area contributed by atoms with Gasteiger partial charge in [-0.1, -0.05) is 23.7 Å². The van der Waals surface area contributed by atoms with E-state index in [4.69, 9.17) is 11.6 Å². The fourth-order valence-electron chi connectivity index (χ4n) is 0.952. The Hall–Kier alpha value is -0.450. The standard InChI is InChI=1S/C10H10ClNOS2/c1-14-10(15-2)12-9(13)7-5-3-4-6-8(7)11/h3-6H,1-2H3. The van der Waals surface area contributed by atoms with Gasteiger partial charge < -0.3 is 0 Å². The molecule has 0 aliphatic heterocycles. The summed E-state index contributed by atoms with van der Waals surface area (Å²) in [6.07, 6.45) is 3.77. The van der Waals surface area contributed by atoms with Crippen LogP contribution in [0.4, 0.5) is 0 Å². The fourth-order valence-corrected chi connectivity index (χ4v) is 2.18. The second kappa shape index (κ2) is 6.20. The first kappa shape index (κ1) is 12.6. The summed E-state index contributed by atoms with van der Waals surface area (Å²) in [6, 6.07) is 6.91. The number of hydrogen-bond acceptors (Lipinski definition) is 3. The van der Waals surface area contributed by atoms with Crippen molar-refractivity contribution in [3.63, 3.8) is 0 Å². The highest BCUT2D eigenvalue weighted by Crippen LogP contribution is 2.18. The summed E-state index contributed by atoms with van der Waals surface area (Å²) in [4.78, 5) is 15.7. The maximum atomic E-state index is 11.7. The van der Waals surface area contributed by atoms with E-state index in [0.29, 0.717) is 10.6 Å². The number of aliphatic imine (C=N–C) groups is 1. The molecular formula is C10H10ClNOS2. The van der Waals surface area contributed by atoms with Crippen LogP contribution >= 0.6 is 35.1 Å². The molecule has 0 radical (unpaired) electrons. The maximum Gasteiger partial charge on any atom is 0.280 e. The Bertz CT molecular complexity index is 387. The number of hydrogen-bond donors (Lipinski definition) is 0. The Morgan fingerprint density at radius 3 is 2.40 bits per heavy atom. The zero-order valence-electron chi connectivity index (χ0n) is 8.36. The summed E-state index contributed by atoms with van der Waals surface area (Å²) >= 11 is 8.78. The van der Waals surface area contributed by atoms with E-state index in [-0.39, 0.29) is 5.91 Å². The highest BCUT2D eigenvalue weighted by atomic mass is 35.5. The summed E-state index contributed by atoms with van der Waals surface area (Å²) in [6.45, 7) is 0. The minimum atomic E-state index is -0.292. The lowest BCUT2D eigenvalue weighted by molar-refractivity contribution is 0.100. The lowest BCUT2D eigenvalue weighted by atomic mass is 10.2. The van der Waals surface area contributed by atoms with E-state index >= 15 is 0 Å². The molecule has 0 aliphatic rings. The van der Waals surface area contributed by atoms with Crippen molar-refractivity contribution >= 4 is 45.4 Å². The molecule has 1 amide bonds. The molecule has 15 heavy (non-hydrogen) atoms. The van der Waals surface area contributed by atoms with Gasteiger partial charge in [0.1, 0.15) is 4.38 Å². The molecule has 0 bridgehead atoms. The van der Waals surface area contributed by atoms with Crippen molar-refractivity contribution < 1.29 is 4.79 Å². The number of rotatable bonds is 1. The Kier molecular flexibility index (Phi) is 5.22. The van der Waals surface area contributed by atoms with Gasteiger partial charge in [0.25, 0.3) is 5.91 Å². The van der Waals surface area contributed by atoms with Crippen LogP contribution in [0.5, 0.6) is 0 Å². The molecule has 0 saturated carbocycles. The Labute approximate surface area is 102 Å². The molecule has 0 spiro atoms. The van der Waals surface area contributed by atoms with Gasteiger partial charge in [0, 0.05) is 0 Å². The van der Waals surface area contributed by atoms with Crippen molar-refractivity contribution in [2.75, 3.05) is 12.5 Å². The summed E-state index contributed by atoms with van der Waals surface area (Å²) in [7, 11) is 0. The van der Waals surface area contributed by atoms with E-state index in [2.05, 4.69) is 4.99 Å². The molecule has 0 atom stereocenters. The quantitative estimate of drug-likeness (QED) is 0.570. The first-order valence-electron chi connectivity index (χ1n) is 4.14. The third-order valence-corrected chi connectivity index (χ3v) is 3.86. The number of benzene rings is 1. The maximum absolute atomic E-state index is 11.7. The number of nitrogens with zero attached hydrogens (tertiary/aromatic N) is 1. The summed E-state index contributed by atoms with van der Waals surface area (Å²) in [5.74, 6) is -0.292. The van der Waals surface area contributed by atoms with Crippen molar-refractivity contribution in [1.29, 1.82) is 0 Å². The highest BCUT2D eigenvalue weighted by Gasteiger charge is 2.09. The van der Waals surface area contributed by atoms with Gasteiger partial charge in [-0.15, -0.1) is 23.5 Å². The molecule has 80 valence electrons. The number of amides is 1. The molecule has 0 unspecified atom stereocenters. The van der Waals surface area contributed by atoms with Gasteiger partial charge in [-0.2, -0.15) is 4.99 Å². The molecule has 0 aromatic heterocycles. The number of halogens is 1. The molecule has 5 heteroatoms. The fraction of sp³-hybridized carbons (Fsp3) is 0.200. The van der Waals surface area contributed by atoms with Crippen LogP contribution in [-0.2, 0) is 0 Å². The van der Waals surface area contributed by atoms with Gasteiger partial charge >= 0.3 is 0 Å². The average Bonchev–Trinajstić information content (AvgIpc) is 2.26. The number of carbonyl (C=O) groups excluding carboxylic acids is 1. The van der Waals surface area contributed by atoms with Crippen molar-refractivity contribution in [2.24, 2.45) is 4.99 Å². The second-order valence-corrected chi connectivity index (χ2v) is 4.83. The van der Waals surface area contributed by atoms with Crippen LogP contribution in [0.15, 0.2) is 29.3 Å². The van der Waals surface area contributed by atoms with Crippen molar-refractivity contribution in [3.05, 3.63) is 34.9 Å². The summed E-state index contributed by atoms with van der Waals surface area (Å²) < 4.78 is 0.736. The van der Waals surface area contributed by atoms with Crippen LogP contribution in [0.2, 0.25) is 5.02 Å². The third kappa shape index (κ3) is 3.55. The van der Waals surface area contributed by atoms with E-state index in [1.807, 2.05) is 12.5 Å². The van der Waals surface area contributed by atoms with Crippen molar-refractivity contribution in [2.45, 2.75) is 0 Å². The smallest absolute Gasteiger partial charge is 0.267 e. The highest BCUT2D eigenvalue weighted by molar-refractivity contribution is 8.38. The zero-order chi connectivity index (χ0) is 11.3. The summed E-state index contributed by atoms with van der Waals surface area (Å²) in [5.41, 5.74) is 0.444. The normalized spacial score (nSPS) is 9.80. The number of carbonyl (C=O) groups is 1. The third-order valence-electron chi connectivity index (χ3n) is 1.65. The molecule has 1 aromatic rings. The second-order valence-electron chi connectivity index (χ2n) is 2.57. The van der Waals surface area contributed by atoms with Gasteiger partial charge in [-0.3, -0.25) is 4.79 Å². The van der Waals surface area contributed by atoms with Crippen LogP contribution in [0.25, 0.3) is 0 Å². The molecule has 0 aliphatic carbocycles. The SMILES string of the molecule is CSC(=NC(=O)c1ccccc1Cl)SC. The Morgan fingerprint density at radius 2 is 1.87 bits per heavy atom. The van der Waals surface area contributed by atoms with Crippen LogP contribution < -0.4 is 0 Å². The van der Waals surface area contributed by atoms with Gasteiger partial charge in [-0.05, 0) is 24.6 Å². The molecule has 2 nitrogen and oxygen atoms in total. The molecule has 0 saturated heterocycles. The van der Waals surface area contributed by atoms with Gasteiger partial charge in [0.2, 0.25) is 0 Å². The van der Waals surface area contributed by atoms with Crippen LogP contribution in [0.3, 0.4) is 0 Å². The predicted octanol–water partition coefficient (Wildman–Crippen LogP) is 3.56. The zero-order valence-corrected chi connectivity index (χ0v) is 10.7. The van der Waals surface area contributed by atoms with E-state index in [9.17, 15) is 4.79 Å². The molecule has 1 rings (SSSR count). The predicted molar refractivity (Wildman–Crippen MR) is 70.2 cm³/mol. The lowest BCUT2D eigenvalue weighted by Gasteiger charge is -2.00.